The third kappa shape index (κ3) is 3.80. The number of aryl methyl sites for hydroxylation is 1. The first-order valence-corrected chi connectivity index (χ1v) is 6.86. The Morgan fingerprint density at radius 2 is 2.05 bits per heavy atom. The van der Waals surface area contributed by atoms with E-state index in [0.717, 1.165) is 30.0 Å². The van der Waals surface area contributed by atoms with Crippen LogP contribution >= 0.6 is 0 Å². The third-order valence-electron chi connectivity index (χ3n) is 3.30. The van der Waals surface area contributed by atoms with Crippen LogP contribution in [0.1, 0.15) is 50.2 Å². The maximum Gasteiger partial charge on any atom is 0.328 e. The second kappa shape index (κ2) is 6.70. The molecule has 0 amide bonds. The highest BCUT2D eigenvalue weighted by Crippen LogP contribution is 2.19. The summed E-state index contributed by atoms with van der Waals surface area (Å²) < 4.78 is 1.64. The molecule has 1 heterocycles. The molecule has 1 aromatic rings. The van der Waals surface area contributed by atoms with E-state index in [0.29, 0.717) is 12.3 Å². The molecule has 19 heavy (non-hydrogen) atoms. The Hall–Kier alpha value is -1.36. The van der Waals surface area contributed by atoms with E-state index in [1.54, 1.807) is 4.68 Å². The highest BCUT2D eigenvalue weighted by Gasteiger charge is 2.22. The number of hydrogen-bond acceptors (Lipinski definition) is 3. The van der Waals surface area contributed by atoms with Crippen molar-refractivity contribution in [3.05, 3.63) is 17.0 Å². The van der Waals surface area contributed by atoms with Crippen LogP contribution < -0.4 is 5.32 Å². The number of nitrogens with zero attached hydrogens (tertiary/aromatic N) is 2. The Labute approximate surface area is 115 Å². The molecule has 0 radical (unpaired) electrons. The quantitative estimate of drug-likeness (QED) is 0.795. The maximum absolute atomic E-state index is 11.2. The van der Waals surface area contributed by atoms with Gasteiger partial charge in [0.1, 0.15) is 6.04 Å². The van der Waals surface area contributed by atoms with Crippen LogP contribution in [-0.2, 0) is 11.3 Å². The van der Waals surface area contributed by atoms with Gasteiger partial charge < -0.3 is 10.4 Å². The van der Waals surface area contributed by atoms with Gasteiger partial charge in [-0.2, -0.15) is 5.10 Å². The van der Waals surface area contributed by atoms with Gasteiger partial charge in [-0.15, -0.1) is 0 Å². The zero-order valence-electron chi connectivity index (χ0n) is 12.5. The lowest BCUT2D eigenvalue weighted by molar-refractivity contribution is -0.141. The Morgan fingerprint density at radius 3 is 2.53 bits per heavy atom. The summed E-state index contributed by atoms with van der Waals surface area (Å²) >= 11 is 0. The topological polar surface area (TPSA) is 67.1 Å². The average molecular weight is 267 g/mol. The average Bonchev–Trinajstić information content (AvgIpc) is 2.57. The molecule has 1 unspecified atom stereocenters. The molecule has 1 atom stereocenters. The lowest BCUT2D eigenvalue weighted by atomic mass is 10.1. The number of rotatable bonds is 7. The minimum absolute atomic E-state index is 0.538. The second-order valence-electron chi connectivity index (χ2n) is 5.38. The zero-order chi connectivity index (χ0) is 14.6. The summed E-state index contributed by atoms with van der Waals surface area (Å²) in [6.45, 7) is 11.8. The van der Waals surface area contributed by atoms with Gasteiger partial charge in [-0.3, -0.25) is 4.68 Å². The third-order valence-corrected chi connectivity index (χ3v) is 3.30. The fourth-order valence-electron chi connectivity index (χ4n) is 2.19. The van der Waals surface area contributed by atoms with Crippen molar-refractivity contribution in [2.24, 2.45) is 5.92 Å². The normalized spacial score (nSPS) is 12.9. The summed E-state index contributed by atoms with van der Waals surface area (Å²) in [6.07, 6.45) is 0.538. The second-order valence-corrected chi connectivity index (χ2v) is 5.38. The molecule has 5 nitrogen and oxygen atoms in total. The van der Waals surface area contributed by atoms with Crippen LogP contribution in [-0.4, -0.2) is 27.4 Å². The van der Waals surface area contributed by atoms with Crippen LogP contribution in [0, 0.1) is 19.8 Å². The van der Waals surface area contributed by atoms with Gasteiger partial charge >= 0.3 is 5.97 Å². The lowest BCUT2D eigenvalue weighted by Crippen LogP contribution is -2.22. The van der Waals surface area contributed by atoms with Crippen molar-refractivity contribution in [1.29, 1.82) is 0 Å². The first-order valence-electron chi connectivity index (χ1n) is 6.86. The van der Waals surface area contributed by atoms with Gasteiger partial charge in [0.25, 0.3) is 0 Å². The summed E-state index contributed by atoms with van der Waals surface area (Å²) in [5, 5.41) is 17.0. The Bertz CT molecular complexity index is 438. The van der Waals surface area contributed by atoms with Gasteiger partial charge in [-0.05, 0) is 32.7 Å². The molecular weight excluding hydrogens is 242 g/mol. The van der Waals surface area contributed by atoms with Crippen LogP contribution in [0.3, 0.4) is 0 Å². The van der Waals surface area contributed by atoms with Gasteiger partial charge in [0.05, 0.1) is 5.69 Å². The van der Waals surface area contributed by atoms with Gasteiger partial charge in [-0.1, -0.05) is 20.8 Å². The molecule has 0 aliphatic carbocycles. The molecule has 0 saturated heterocycles. The van der Waals surface area contributed by atoms with E-state index < -0.39 is 12.0 Å². The molecule has 0 saturated carbocycles. The van der Waals surface area contributed by atoms with E-state index in [1.807, 2.05) is 20.8 Å². The van der Waals surface area contributed by atoms with Crippen LogP contribution in [0.2, 0.25) is 0 Å². The molecule has 2 N–H and O–H groups in total. The zero-order valence-corrected chi connectivity index (χ0v) is 12.5. The first kappa shape index (κ1) is 15.7. The van der Waals surface area contributed by atoms with Crippen molar-refractivity contribution >= 4 is 5.97 Å². The fourth-order valence-corrected chi connectivity index (χ4v) is 2.19. The van der Waals surface area contributed by atoms with Crippen LogP contribution in [0.4, 0.5) is 0 Å². The molecule has 1 rings (SSSR count). The number of hydrogen-bond donors (Lipinski definition) is 2. The molecular formula is C14H25N3O2. The predicted molar refractivity (Wildman–Crippen MR) is 75.2 cm³/mol. The van der Waals surface area contributed by atoms with E-state index in [2.05, 4.69) is 24.3 Å². The van der Waals surface area contributed by atoms with Gasteiger partial charge in [-0.25, -0.2) is 4.79 Å². The van der Waals surface area contributed by atoms with Crippen molar-refractivity contribution in [2.45, 2.75) is 53.6 Å². The summed E-state index contributed by atoms with van der Waals surface area (Å²) in [5.41, 5.74) is 2.97. The smallest absolute Gasteiger partial charge is 0.328 e. The molecule has 1 aromatic heterocycles. The van der Waals surface area contributed by atoms with E-state index in [9.17, 15) is 9.90 Å². The van der Waals surface area contributed by atoms with Crippen molar-refractivity contribution < 1.29 is 9.90 Å². The molecule has 108 valence electrons. The van der Waals surface area contributed by atoms with E-state index in [-0.39, 0.29) is 0 Å². The maximum atomic E-state index is 11.2. The Kier molecular flexibility index (Phi) is 5.54. The largest absolute Gasteiger partial charge is 0.480 e. The van der Waals surface area contributed by atoms with Gasteiger partial charge in [0.15, 0.2) is 0 Å². The Balaban J connectivity index is 2.90. The van der Waals surface area contributed by atoms with Crippen molar-refractivity contribution in [3.8, 4) is 0 Å². The van der Waals surface area contributed by atoms with E-state index in [4.69, 9.17) is 0 Å². The summed E-state index contributed by atoms with van der Waals surface area (Å²) in [4.78, 5) is 11.2. The molecule has 0 aliphatic rings. The van der Waals surface area contributed by atoms with Crippen LogP contribution in [0.5, 0.6) is 0 Å². The number of aliphatic carboxylic acids is 1. The van der Waals surface area contributed by atoms with Gasteiger partial charge in [0, 0.05) is 17.8 Å². The number of carboxylic acids is 1. The van der Waals surface area contributed by atoms with Gasteiger partial charge in [0.2, 0.25) is 0 Å². The Morgan fingerprint density at radius 1 is 1.42 bits per heavy atom. The predicted octanol–water partition coefficient (Wildman–Crippen LogP) is 2.28. The molecule has 0 bridgehead atoms. The van der Waals surface area contributed by atoms with Crippen LogP contribution in [0.25, 0.3) is 0 Å². The standard InChI is InChI=1S/C14H25N3O2/c1-6-13(14(18)19)17-11(5)12(10(4)16-17)8-15-7-9(2)3/h9,13,15H,6-8H2,1-5H3,(H,18,19). The highest BCUT2D eigenvalue weighted by atomic mass is 16.4. The van der Waals surface area contributed by atoms with Crippen molar-refractivity contribution in [1.82, 2.24) is 15.1 Å². The minimum Gasteiger partial charge on any atom is -0.480 e. The summed E-state index contributed by atoms with van der Waals surface area (Å²) in [6, 6.07) is -0.572. The monoisotopic (exact) mass is 267 g/mol. The van der Waals surface area contributed by atoms with Crippen molar-refractivity contribution in [2.75, 3.05) is 6.54 Å². The first-order chi connectivity index (χ1) is 8.88. The minimum atomic E-state index is -0.824. The number of carbonyl (C=O) groups is 1. The molecule has 0 aromatic carbocycles. The SMILES string of the molecule is CCC(C(=O)O)n1nc(C)c(CNCC(C)C)c1C. The summed E-state index contributed by atoms with van der Waals surface area (Å²) in [7, 11) is 0. The summed E-state index contributed by atoms with van der Waals surface area (Å²) in [5.74, 6) is -0.229. The molecule has 0 fully saturated rings. The lowest BCUT2D eigenvalue weighted by Gasteiger charge is -2.13. The number of aromatic nitrogens is 2. The van der Waals surface area contributed by atoms with E-state index in [1.165, 1.54) is 0 Å². The van der Waals surface area contributed by atoms with E-state index >= 15 is 0 Å². The fraction of sp³-hybridized carbons (Fsp3) is 0.714. The molecule has 5 heteroatoms. The van der Waals surface area contributed by atoms with Crippen molar-refractivity contribution in [3.63, 3.8) is 0 Å². The number of nitrogens with one attached hydrogen (secondary N) is 1. The molecule has 0 spiro atoms. The highest BCUT2D eigenvalue weighted by molar-refractivity contribution is 5.71. The van der Waals surface area contributed by atoms with Crippen LogP contribution in [0.15, 0.2) is 0 Å². The molecule has 0 aliphatic heterocycles. The number of carboxylic acid groups (broad SMARTS) is 1.